The van der Waals surface area contributed by atoms with Gasteiger partial charge in [0.1, 0.15) is 0 Å². The van der Waals surface area contributed by atoms with Gasteiger partial charge >= 0.3 is 5.97 Å². The van der Waals surface area contributed by atoms with E-state index in [4.69, 9.17) is 4.74 Å². The van der Waals surface area contributed by atoms with Crippen LogP contribution >= 0.6 is 0 Å². The first-order chi connectivity index (χ1) is 37.0. The standard InChI is InChI=1S/C69H129NO5/c1-3-5-7-9-11-13-15-17-18-19-31-34-38-41-45-49-53-57-61-67(72)66(65-71)70-68(73)62-58-54-50-46-42-39-35-32-29-27-25-23-21-20-22-24-26-28-30-33-36-40-44-48-52-56-60-64-75-69(74)63-59-55-51-47-43-37-16-14-12-10-8-6-4-2/h8,10,14,16,20-21,57,61,66-67,71-72H,3-7,9,11-13,15,17-19,22-56,58-60,62-65H2,1-2H3,(H,70,73)/b10-8-,16-14-,21-20-,61-57+. The average Bonchev–Trinajstić information content (AvgIpc) is 3.41. The van der Waals surface area contributed by atoms with Crippen LogP contribution in [0.3, 0.4) is 0 Å². The highest BCUT2D eigenvalue weighted by Gasteiger charge is 2.18. The van der Waals surface area contributed by atoms with Crippen molar-refractivity contribution >= 4 is 11.9 Å². The van der Waals surface area contributed by atoms with E-state index in [1.54, 1.807) is 6.08 Å². The van der Waals surface area contributed by atoms with Crippen LogP contribution in [-0.4, -0.2) is 47.4 Å². The Bertz CT molecular complexity index is 1260. The molecule has 1 amide bonds. The molecule has 0 bridgehead atoms. The van der Waals surface area contributed by atoms with Gasteiger partial charge in [-0.1, -0.05) is 306 Å². The van der Waals surface area contributed by atoms with Crippen molar-refractivity contribution in [3.8, 4) is 0 Å². The van der Waals surface area contributed by atoms with Gasteiger partial charge in [0.15, 0.2) is 0 Å². The number of nitrogens with one attached hydrogen (secondary N) is 1. The highest BCUT2D eigenvalue weighted by Crippen LogP contribution is 2.18. The fraction of sp³-hybridized carbons (Fsp3) is 0.855. The fourth-order valence-corrected chi connectivity index (χ4v) is 10.2. The SMILES string of the molecule is CCC/C=C\C/C=C\CCCCCCCC(=O)OCCCCCCCCCCCCCC/C=C\CCCCCCCCCCCCCC(=O)NC(CO)C(O)/C=C/CCCCCCCCCCCCCCCCCC. The van der Waals surface area contributed by atoms with Gasteiger partial charge in [0, 0.05) is 12.8 Å². The molecule has 75 heavy (non-hydrogen) atoms. The molecule has 2 unspecified atom stereocenters. The summed E-state index contributed by atoms with van der Waals surface area (Å²) in [5.41, 5.74) is 0. The number of hydrogen-bond acceptors (Lipinski definition) is 5. The first-order valence-electron chi connectivity index (χ1n) is 33.4. The van der Waals surface area contributed by atoms with Gasteiger partial charge in [-0.2, -0.15) is 0 Å². The molecule has 0 aromatic carbocycles. The zero-order chi connectivity index (χ0) is 54.3. The number of carbonyl (C=O) groups is 2. The molecule has 0 radical (unpaired) electrons. The molecule has 6 nitrogen and oxygen atoms in total. The number of unbranched alkanes of at least 4 members (excludes halogenated alkanes) is 45. The van der Waals surface area contributed by atoms with Crippen LogP contribution in [-0.2, 0) is 14.3 Å². The number of hydrogen-bond donors (Lipinski definition) is 3. The summed E-state index contributed by atoms with van der Waals surface area (Å²) < 4.78 is 5.47. The summed E-state index contributed by atoms with van der Waals surface area (Å²) in [6.07, 6.45) is 83.1. The van der Waals surface area contributed by atoms with E-state index in [1.165, 1.54) is 276 Å². The normalized spacial score (nSPS) is 12.9. The maximum Gasteiger partial charge on any atom is 0.305 e. The second-order valence-corrected chi connectivity index (χ2v) is 22.8. The third-order valence-electron chi connectivity index (χ3n) is 15.3. The maximum atomic E-state index is 12.5. The molecule has 0 saturated carbocycles. The van der Waals surface area contributed by atoms with Gasteiger partial charge in [-0.25, -0.2) is 0 Å². The van der Waals surface area contributed by atoms with Crippen molar-refractivity contribution in [2.24, 2.45) is 0 Å². The van der Waals surface area contributed by atoms with E-state index in [1.807, 2.05) is 6.08 Å². The number of carbonyl (C=O) groups excluding carboxylic acids is 2. The van der Waals surface area contributed by atoms with E-state index in [2.05, 4.69) is 55.6 Å². The Morgan fingerprint density at radius 3 is 1.08 bits per heavy atom. The molecule has 0 aliphatic heterocycles. The molecule has 0 fully saturated rings. The second kappa shape index (κ2) is 64.3. The number of aliphatic hydroxyl groups is 2. The van der Waals surface area contributed by atoms with Crippen LogP contribution in [0, 0.1) is 0 Å². The Labute approximate surface area is 467 Å². The van der Waals surface area contributed by atoms with Crippen LogP contribution in [0.5, 0.6) is 0 Å². The van der Waals surface area contributed by atoms with Crippen LogP contribution in [0.1, 0.15) is 354 Å². The molecule has 2 atom stereocenters. The number of rotatable bonds is 62. The van der Waals surface area contributed by atoms with E-state index in [0.717, 1.165) is 51.4 Å². The summed E-state index contributed by atoms with van der Waals surface area (Å²) in [5.74, 6) is -0.0675. The molecule has 0 aliphatic rings. The molecule has 0 saturated heterocycles. The maximum absolute atomic E-state index is 12.5. The number of aliphatic hydroxyl groups excluding tert-OH is 2. The number of ether oxygens (including phenoxy) is 1. The molecule has 6 heteroatoms. The van der Waals surface area contributed by atoms with Crippen molar-refractivity contribution in [3.05, 3.63) is 48.6 Å². The molecular formula is C69H129NO5. The fourth-order valence-electron chi connectivity index (χ4n) is 10.2. The lowest BCUT2D eigenvalue weighted by Crippen LogP contribution is -2.45. The monoisotopic (exact) mass is 1050 g/mol. The van der Waals surface area contributed by atoms with Crippen molar-refractivity contribution in [1.29, 1.82) is 0 Å². The minimum atomic E-state index is -0.846. The number of esters is 1. The highest BCUT2D eigenvalue weighted by molar-refractivity contribution is 5.76. The van der Waals surface area contributed by atoms with Gasteiger partial charge in [-0.05, 0) is 83.5 Å². The van der Waals surface area contributed by atoms with E-state index in [9.17, 15) is 19.8 Å². The summed E-state index contributed by atoms with van der Waals surface area (Å²) in [5, 5.41) is 23.2. The van der Waals surface area contributed by atoms with Gasteiger partial charge in [0.2, 0.25) is 5.91 Å². The molecule has 0 aliphatic carbocycles. The molecule has 440 valence electrons. The lowest BCUT2D eigenvalue weighted by Gasteiger charge is -2.20. The Morgan fingerprint density at radius 1 is 0.373 bits per heavy atom. The smallest absolute Gasteiger partial charge is 0.305 e. The van der Waals surface area contributed by atoms with Crippen LogP contribution in [0.25, 0.3) is 0 Å². The van der Waals surface area contributed by atoms with E-state index < -0.39 is 12.1 Å². The van der Waals surface area contributed by atoms with Crippen molar-refractivity contribution in [1.82, 2.24) is 5.32 Å². The summed E-state index contributed by atoms with van der Waals surface area (Å²) in [6, 6.07) is -0.630. The molecule has 0 rings (SSSR count). The van der Waals surface area contributed by atoms with Crippen molar-refractivity contribution < 1.29 is 24.5 Å². The molecule has 0 spiro atoms. The molecule has 0 heterocycles. The van der Waals surface area contributed by atoms with Gasteiger partial charge in [-0.3, -0.25) is 9.59 Å². The zero-order valence-corrected chi connectivity index (χ0v) is 50.3. The lowest BCUT2D eigenvalue weighted by molar-refractivity contribution is -0.143. The van der Waals surface area contributed by atoms with Crippen LogP contribution in [0.2, 0.25) is 0 Å². The summed E-state index contributed by atoms with van der Waals surface area (Å²) >= 11 is 0. The summed E-state index contributed by atoms with van der Waals surface area (Å²) in [7, 11) is 0. The minimum absolute atomic E-state index is 0.000785. The van der Waals surface area contributed by atoms with E-state index in [0.29, 0.717) is 19.4 Å². The van der Waals surface area contributed by atoms with Crippen molar-refractivity contribution in [2.45, 2.75) is 366 Å². The Kier molecular flexibility index (Phi) is 62.5. The van der Waals surface area contributed by atoms with Crippen LogP contribution in [0.4, 0.5) is 0 Å². The first-order valence-corrected chi connectivity index (χ1v) is 33.4. The second-order valence-electron chi connectivity index (χ2n) is 22.8. The zero-order valence-electron chi connectivity index (χ0n) is 50.3. The molecule has 0 aromatic heterocycles. The largest absolute Gasteiger partial charge is 0.466 e. The number of allylic oxidation sites excluding steroid dienone is 7. The summed E-state index contributed by atoms with van der Waals surface area (Å²) in [6.45, 7) is 4.85. The lowest BCUT2D eigenvalue weighted by atomic mass is 10.0. The predicted molar refractivity (Wildman–Crippen MR) is 329 cm³/mol. The van der Waals surface area contributed by atoms with Crippen molar-refractivity contribution in [2.75, 3.05) is 13.2 Å². The number of amides is 1. The Hall–Kier alpha value is -2.18. The average molecular weight is 1050 g/mol. The van der Waals surface area contributed by atoms with Crippen LogP contribution < -0.4 is 5.32 Å². The van der Waals surface area contributed by atoms with Gasteiger partial charge < -0.3 is 20.3 Å². The molecule has 3 N–H and O–H groups in total. The van der Waals surface area contributed by atoms with Gasteiger partial charge in [-0.15, -0.1) is 0 Å². The van der Waals surface area contributed by atoms with Gasteiger partial charge in [0.05, 0.1) is 25.4 Å². The van der Waals surface area contributed by atoms with Crippen molar-refractivity contribution in [3.63, 3.8) is 0 Å². The van der Waals surface area contributed by atoms with Gasteiger partial charge in [0.25, 0.3) is 0 Å². The Balaban J connectivity index is 3.42. The third-order valence-corrected chi connectivity index (χ3v) is 15.3. The molecular weight excluding hydrogens is 923 g/mol. The van der Waals surface area contributed by atoms with E-state index in [-0.39, 0.29) is 18.5 Å². The van der Waals surface area contributed by atoms with E-state index >= 15 is 0 Å². The Morgan fingerprint density at radius 2 is 0.693 bits per heavy atom. The first kappa shape index (κ1) is 72.8. The van der Waals surface area contributed by atoms with Crippen LogP contribution in [0.15, 0.2) is 48.6 Å². The summed E-state index contributed by atoms with van der Waals surface area (Å²) in [4.78, 5) is 24.5. The predicted octanol–water partition coefficient (Wildman–Crippen LogP) is 21.3. The quantitative estimate of drug-likeness (QED) is 0.0320. The molecule has 0 aromatic rings. The highest BCUT2D eigenvalue weighted by atomic mass is 16.5. The topological polar surface area (TPSA) is 95.9 Å². The third kappa shape index (κ3) is 60.9. The minimum Gasteiger partial charge on any atom is -0.466 e.